The number of nitriles is 1. The molecule has 1 aromatic heterocycles. The maximum atomic E-state index is 12.7. The van der Waals surface area contributed by atoms with Crippen LogP contribution in [0.2, 0.25) is 10.0 Å². The van der Waals surface area contributed by atoms with Crippen molar-refractivity contribution < 1.29 is 23.1 Å². The van der Waals surface area contributed by atoms with Gasteiger partial charge in [0.25, 0.3) is 10.0 Å². The molecule has 1 aliphatic rings. The number of nitrogens with one attached hydrogen (secondary N) is 1. The van der Waals surface area contributed by atoms with Crippen LogP contribution in [0.4, 0.5) is 5.82 Å². The average Bonchev–Trinajstić information content (AvgIpc) is 2.81. The molecular formula is C23H24Cl2N4O5S. The van der Waals surface area contributed by atoms with Crippen molar-refractivity contribution in [1.82, 2.24) is 9.71 Å². The molecule has 0 spiro atoms. The number of anilines is 1. The lowest BCUT2D eigenvalue weighted by molar-refractivity contribution is -0.123. The normalized spacial score (nSPS) is 14.4. The van der Waals surface area contributed by atoms with E-state index in [1.807, 2.05) is 4.90 Å². The molecule has 35 heavy (non-hydrogen) atoms. The number of carboxylic acid groups (broad SMARTS) is 1. The Morgan fingerprint density at radius 3 is 2.40 bits per heavy atom. The second-order valence-electron chi connectivity index (χ2n) is 8.04. The predicted molar refractivity (Wildman–Crippen MR) is 131 cm³/mol. The van der Waals surface area contributed by atoms with Crippen LogP contribution >= 0.6 is 23.2 Å². The molecule has 2 N–H and O–H groups in total. The van der Waals surface area contributed by atoms with E-state index in [0.717, 1.165) is 0 Å². The molecule has 9 nitrogen and oxygen atoms in total. The number of nitrogens with zero attached hydrogens (tertiary/aromatic N) is 3. The van der Waals surface area contributed by atoms with Crippen LogP contribution in [0.25, 0.3) is 0 Å². The van der Waals surface area contributed by atoms with Crippen LogP contribution in [-0.4, -0.2) is 43.5 Å². The number of piperidine rings is 1. The summed E-state index contributed by atoms with van der Waals surface area (Å²) in [6, 6.07) is 5.99. The van der Waals surface area contributed by atoms with Gasteiger partial charge < -0.3 is 10.0 Å². The van der Waals surface area contributed by atoms with E-state index in [0.29, 0.717) is 55.8 Å². The number of hydrogen-bond donors (Lipinski definition) is 2. The lowest BCUT2D eigenvalue weighted by atomic mass is 9.94. The summed E-state index contributed by atoms with van der Waals surface area (Å²) in [5.41, 5.74) is 1.11. The summed E-state index contributed by atoms with van der Waals surface area (Å²) in [6.45, 7) is 4.28. The van der Waals surface area contributed by atoms with Gasteiger partial charge in [-0.25, -0.2) is 22.9 Å². The number of halogens is 2. The number of benzene rings is 1. The molecule has 0 saturated carbocycles. The fourth-order valence-corrected chi connectivity index (χ4v) is 6.02. The second-order valence-corrected chi connectivity index (χ2v) is 10.5. The van der Waals surface area contributed by atoms with Gasteiger partial charge in [0.15, 0.2) is 0 Å². The largest absolute Gasteiger partial charge is 0.478 e. The van der Waals surface area contributed by atoms with E-state index < -0.39 is 27.8 Å². The van der Waals surface area contributed by atoms with E-state index in [2.05, 4.69) is 15.8 Å². The molecule has 12 heteroatoms. The van der Waals surface area contributed by atoms with E-state index in [4.69, 9.17) is 23.2 Å². The van der Waals surface area contributed by atoms with E-state index in [1.165, 1.54) is 18.2 Å². The Balaban J connectivity index is 1.79. The van der Waals surface area contributed by atoms with Crippen molar-refractivity contribution in [3.8, 4) is 6.07 Å². The molecule has 0 bridgehead atoms. The highest BCUT2D eigenvalue weighted by molar-refractivity contribution is 7.90. The monoisotopic (exact) mass is 538 g/mol. The topological polar surface area (TPSA) is 140 Å². The van der Waals surface area contributed by atoms with Crippen molar-refractivity contribution in [3.05, 3.63) is 50.6 Å². The van der Waals surface area contributed by atoms with Crippen molar-refractivity contribution in [2.45, 2.75) is 44.4 Å². The highest BCUT2D eigenvalue weighted by atomic mass is 35.5. The zero-order valence-corrected chi connectivity index (χ0v) is 21.5. The van der Waals surface area contributed by atoms with Crippen LogP contribution in [0.1, 0.15) is 53.9 Å². The number of sulfonamides is 1. The molecule has 186 valence electrons. The third kappa shape index (κ3) is 5.53. The summed E-state index contributed by atoms with van der Waals surface area (Å²) < 4.78 is 27.4. The van der Waals surface area contributed by atoms with Crippen molar-refractivity contribution in [2.75, 3.05) is 18.0 Å². The summed E-state index contributed by atoms with van der Waals surface area (Å²) in [4.78, 5) is 30.7. The Kier molecular flexibility index (Phi) is 8.26. The Morgan fingerprint density at radius 1 is 1.23 bits per heavy atom. The van der Waals surface area contributed by atoms with Crippen LogP contribution in [0.15, 0.2) is 23.1 Å². The van der Waals surface area contributed by atoms with Gasteiger partial charge in [0, 0.05) is 24.0 Å². The molecule has 1 amide bonds. The summed E-state index contributed by atoms with van der Waals surface area (Å²) in [7, 11) is -4.18. The predicted octanol–water partition coefficient (Wildman–Crippen LogP) is 3.80. The van der Waals surface area contributed by atoms with E-state index >= 15 is 0 Å². The molecule has 3 rings (SSSR count). The summed E-state index contributed by atoms with van der Waals surface area (Å²) in [5, 5.41) is 19.6. The summed E-state index contributed by atoms with van der Waals surface area (Å²) in [5.74, 6) is -1.95. The van der Waals surface area contributed by atoms with Gasteiger partial charge in [-0.15, -0.1) is 0 Å². The summed E-state index contributed by atoms with van der Waals surface area (Å²) >= 11 is 11.8. The maximum absolute atomic E-state index is 12.7. The molecule has 0 unspecified atom stereocenters. The molecule has 0 atom stereocenters. The molecule has 2 heterocycles. The number of aromatic carboxylic acids is 1. The van der Waals surface area contributed by atoms with E-state index in [-0.39, 0.29) is 26.1 Å². The van der Waals surface area contributed by atoms with Crippen LogP contribution in [-0.2, 0) is 27.7 Å². The number of aromatic nitrogens is 1. The number of aryl methyl sites for hydroxylation is 1. The lowest BCUT2D eigenvalue weighted by Crippen LogP contribution is -2.43. The minimum atomic E-state index is -4.18. The zero-order valence-electron chi connectivity index (χ0n) is 19.1. The van der Waals surface area contributed by atoms with Gasteiger partial charge in [0.1, 0.15) is 16.8 Å². The number of hydrogen-bond acceptors (Lipinski definition) is 7. The first kappa shape index (κ1) is 26.7. The Morgan fingerprint density at radius 2 is 1.89 bits per heavy atom. The smallest absolute Gasteiger partial charge is 0.337 e. The number of carbonyl (C=O) groups excluding carboxylic acids is 1. The average molecular weight is 539 g/mol. The second kappa shape index (κ2) is 10.8. The molecule has 1 fully saturated rings. The number of carboxylic acids is 1. The highest BCUT2D eigenvalue weighted by Crippen LogP contribution is 2.31. The maximum Gasteiger partial charge on any atom is 0.337 e. The zero-order chi connectivity index (χ0) is 25.9. The van der Waals surface area contributed by atoms with E-state index in [1.54, 1.807) is 13.8 Å². The fourth-order valence-electron chi connectivity index (χ4n) is 4.20. The van der Waals surface area contributed by atoms with Crippen LogP contribution < -0.4 is 9.62 Å². The van der Waals surface area contributed by atoms with Gasteiger partial charge in [0.05, 0.1) is 21.8 Å². The first-order valence-corrected chi connectivity index (χ1v) is 13.2. The number of pyridine rings is 1. The van der Waals surface area contributed by atoms with Gasteiger partial charge in [-0.3, -0.25) is 4.79 Å². The Bertz CT molecular complexity index is 1320. The van der Waals surface area contributed by atoms with Gasteiger partial charge >= 0.3 is 5.97 Å². The van der Waals surface area contributed by atoms with Gasteiger partial charge in [-0.2, -0.15) is 5.26 Å². The first-order chi connectivity index (χ1) is 16.5. The molecule has 1 saturated heterocycles. The summed E-state index contributed by atoms with van der Waals surface area (Å²) in [6.07, 6.45) is 1.39. The van der Waals surface area contributed by atoms with Gasteiger partial charge in [0.2, 0.25) is 5.91 Å². The Hall–Kier alpha value is -2.87. The van der Waals surface area contributed by atoms with E-state index in [9.17, 15) is 28.4 Å². The van der Waals surface area contributed by atoms with Crippen LogP contribution in [0.5, 0.6) is 0 Å². The van der Waals surface area contributed by atoms with Crippen molar-refractivity contribution >= 4 is 50.9 Å². The van der Waals surface area contributed by atoms with Crippen molar-refractivity contribution in [1.29, 1.82) is 5.26 Å². The third-order valence-electron chi connectivity index (χ3n) is 5.95. The Labute approximate surface area is 213 Å². The SMILES string of the molecule is CCc1nc(N2CCC(C(=O)NS(=O)(=O)c3ccc(Cl)cc3Cl)CC2)c(C#N)c(CC)c1C(=O)O. The first-order valence-electron chi connectivity index (χ1n) is 11.0. The number of rotatable bonds is 7. The third-order valence-corrected chi connectivity index (χ3v) is 8.02. The molecule has 1 aromatic carbocycles. The quantitative estimate of drug-likeness (QED) is 0.542. The standard InChI is InChI=1S/C23H24Cl2N4O5S/c1-3-15-16(12-26)21(27-18(4-2)20(15)23(31)32)29-9-7-13(8-10-29)22(30)28-35(33,34)19-6-5-14(24)11-17(19)25/h5-6,11,13H,3-4,7-10H2,1-2H3,(H,28,30)(H,31,32). The van der Waals surface area contributed by atoms with Gasteiger partial charge in [-0.1, -0.05) is 37.0 Å². The fraction of sp³-hybridized carbons (Fsp3) is 0.391. The van der Waals surface area contributed by atoms with Crippen molar-refractivity contribution in [2.24, 2.45) is 5.92 Å². The van der Waals surface area contributed by atoms with Crippen molar-refractivity contribution in [3.63, 3.8) is 0 Å². The molecule has 1 aliphatic heterocycles. The lowest BCUT2D eigenvalue weighted by Gasteiger charge is -2.33. The minimum Gasteiger partial charge on any atom is -0.478 e. The van der Waals surface area contributed by atoms with Gasteiger partial charge in [-0.05, 0) is 49.4 Å². The number of amides is 1. The molecule has 0 radical (unpaired) electrons. The highest BCUT2D eigenvalue weighted by Gasteiger charge is 2.32. The minimum absolute atomic E-state index is 0.0654. The molecular weight excluding hydrogens is 515 g/mol. The number of carbonyl (C=O) groups is 2. The molecule has 2 aromatic rings. The molecule has 0 aliphatic carbocycles. The van der Waals surface area contributed by atoms with Crippen LogP contribution in [0.3, 0.4) is 0 Å². The van der Waals surface area contributed by atoms with Crippen LogP contribution in [0, 0.1) is 17.2 Å².